The Bertz CT molecular complexity index is 612. The number of hydrogen-bond donors (Lipinski definition) is 0. The molecule has 0 bridgehead atoms. The minimum atomic E-state index is 0.0657. The third kappa shape index (κ3) is 2.75. The molecule has 2 heterocycles. The van der Waals surface area contributed by atoms with Crippen molar-refractivity contribution in [3.8, 4) is 10.8 Å². The van der Waals surface area contributed by atoms with E-state index in [-0.39, 0.29) is 5.91 Å². The molecule has 1 aliphatic carbocycles. The summed E-state index contributed by atoms with van der Waals surface area (Å²) in [7, 11) is 0. The highest BCUT2D eigenvalue weighted by molar-refractivity contribution is 7.15. The highest BCUT2D eigenvalue weighted by atomic mass is 32.1. The Kier molecular flexibility index (Phi) is 4.10. The quantitative estimate of drug-likeness (QED) is 0.853. The number of furan rings is 1. The van der Waals surface area contributed by atoms with Gasteiger partial charge in [-0.05, 0) is 38.8 Å². The molecule has 21 heavy (non-hydrogen) atoms. The number of aryl methyl sites for hydroxylation is 1. The monoisotopic (exact) mass is 304 g/mol. The van der Waals surface area contributed by atoms with Crippen molar-refractivity contribution in [3.05, 3.63) is 29.0 Å². The number of thiazole rings is 1. The van der Waals surface area contributed by atoms with Gasteiger partial charge in [0.05, 0.1) is 6.26 Å². The second-order valence-corrected chi connectivity index (χ2v) is 6.63. The lowest BCUT2D eigenvalue weighted by atomic mass is 10.2. The first kappa shape index (κ1) is 14.3. The van der Waals surface area contributed by atoms with Crippen LogP contribution in [0.15, 0.2) is 22.8 Å². The summed E-state index contributed by atoms with van der Waals surface area (Å²) in [6, 6.07) is 4.10. The molecule has 1 amide bonds. The fourth-order valence-corrected chi connectivity index (χ4v) is 3.89. The van der Waals surface area contributed by atoms with Crippen molar-refractivity contribution < 1.29 is 9.21 Å². The zero-order valence-electron chi connectivity index (χ0n) is 12.5. The van der Waals surface area contributed by atoms with E-state index in [1.807, 2.05) is 30.9 Å². The van der Waals surface area contributed by atoms with E-state index in [0.29, 0.717) is 11.7 Å². The number of nitrogens with zero attached hydrogens (tertiary/aromatic N) is 2. The van der Waals surface area contributed by atoms with Crippen LogP contribution in [-0.2, 0) is 0 Å². The minimum Gasteiger partial charge on any atom is -0.462 e. The van der Waals surface area contributed by atoms with Gasteiger partial charge in [-0.15, -0.1) is 11.3 Å². The van der Waals surface area contributed by atoms with Crippen molar-refractivity contribution in [1.29, 1.82) is 0 Å². The maximum absolute atomic E-state index is 12.8. The van der Waals surface area contributed by atoms with Crippen molar-refractivity contribution in [2.24, 2.45) is 0 Å². The van der Waals surface area contributed by atoms with Crippen LogP contribution >= 0.6 is 11.3 Å². The number of aromatic nitrogens is 1. The third-order valence-electron chi connectivity index (χ3n) is 4.10. The average molecular weight is 304 g/mol. The Morgan fingerprint density at radius 3 is 2.86 bits per heavy atom. The summed E-state index contributed by atoms with van der Waals surface area (Å²) < 4.78 is 5.38. The van der Waals surface area contributed by atoms with Gasteiger partial charge in [0.25, 0.3) is 5.91 Å². The van der Waals surface area contributed by atoms with E-state index >= 15 is 0 Å². The molecule has 3 rings (SSSR count). The molecule has 1 saturated carbocycles. The molecule has 0 aromatic carbocycles. The van der Waals surface area contributed by atoms with E-state index in [1.165, 1.54) is 24.2 Å². The van der Waals surface area contributed by atoms with Gasteiger partial charge < -0.3 is 9.32 Å². The van der Waals surface area contributed by atoms with Gasteiger partial charge in [-0.2, -0.15) is 0 Å². The Labute approximate surface area is 128 Å². The Hall–Kier alpha value is -1.62. The molecule has 112 valence electrons. The first-order chi connectivity index (χ1) is 10.2. The summed E-state index contributed by atoms with van der Waals surface area (Å²) in [5.74, 6) is 0.794. The van der Waals surface area contributed by atoms with Crippen LogP contribution in [-0.4, -0.2) is 28.4 Å². The smallest absolute Gasteiger partial charge is 0.273 e. The number of amides is 1. The Morgan fingerprint density at radius 2 is 2.24 bits per heavy atom. The lowest BCUT2D eigenvalue weighted by molar-refractivity contribution is 0.0687. The summed E-state index contributed by atoms with van der Waals surface area (Å²) in [6.07, 6.45) is 6.32. The van der Waals surface area contributed by atoms with Gasteiger partial charge in [0, 0.05) is 17.5 Å². The molecule has 0 radical (unpaired) electrons. The summed E-state index contributed by atoms with van der Waals surface area (Å²) in [6.45, 7) is 4.75. The van der Waals surface area contributed by atoms with Gasteiger partial charge in [-0.3, -0.25) is 4.79 Å². The zero-order valence-corrected chi connectivity index (χ0v) is 13.3. The molecule has 4 nitrogen and oxygen atoms in total. The normalized spacial score (nSPS) is 15.5. The predicted octanol–water partition coefficient (Wildman–Crippen LogP) is 4.12. The summed E-state index contributed by atoms with van der Waals surface area (Å²) >= 11 is 1.52. The number of rotatable bonds is 4. The molecular weight excluding hydrogens is 284 g/mol. The van der Waals surface area contributed by atoms with Crippen LogP contribution in [0.25, 0.3) is 10.8 Å². The van der Waals surface area contributed by atoms with Crippen molar-refractivity contribution in [1.82, 2.24) is 9.88 Å². The maximum Gasteiger partial charge on any atom is 0.273 e. The molecule has 0 N–H and O–H groups in total. The topological polar surface area (TPSA) is 46.3 Å². The number of carbonyl (C=O) groups excluding carboxylic acids is 1. The van der Waals surface area contributed by atoms with Crippen LogP contribution in [0.5, 0.6) is 0 Å². The molecule has 5 heteroatoms. The summed E-state index contributed by atoms with van der Waals surface area (Å²) in [5.41, 5.74) is 0.583. The fraction of sp³-hybridized carbons (Fsp3) is 0.500. The Balaban J connectivity index is 1.86. The second-order valence-electron chi connectivity index (χ2n) is 5.43. The van der Waals surface area contributed by atoms with E-state index in [9.17, 15) is 4.79 Å². The lowest BCUT2D eigenvalue weighted by Crippen LogP contribution is -2.39. The predicted molar refractivity (Wildman–Crippen MR) is 83.5 cm³/mol. The molecule has 0 spiro atoms. The van der Waals surface area contributed by atoms with Crippen molar-refractivity contribution in [2.75, 3.05) is 6.54 Å². The van der Waals surface area contributed by atoms with Crippen LogP contribution in [0.4, 0.5) is 0 Å². The summed E-state index contributed by atoms with van der Waals surface area (Å²) in [4.78, 5) is 20.3. The molecule has 0 aliphatic heterocycles. The van der Waals surface area contributed by atoms with E-state index in [4.69, 9.17) is 4.42 Å². The zero-order chi connectivity index (χ0) is 14.8. The van der Waals surface area contributed by atoms with E-state index < -0.39 is 0 Å². The van der Waals surface area contributed by atoms with Crippen LogP contribution in [0, 0.1) is 6.92 Å². The summed E-state index contributed by atoms with van der Waals surface area (Å²) in [5, 5.41) is 0.781. The maximum atomic E-state index is 12.8. The molecule has 1 aliphatic rings. The van der Waals surface area contributed by atoms with Crippen molar-refractivity contribution in [2.45, 2.75) is 45.6 Å². The van der Waals surface area contributed by atoms with Gasteiger partial charge in [0.1, 0.15) is 5.69 Å². The van der Waals surface area contributed by atoms with Crippen LogP contribution in [0.1, 0.15) is 48.0 Å². The third-order valence-corrected chi connectivity index (χ3v) is 5.08. The largest absolute Gasteiger partial charge is 0.462 e. The highest BCUT2D eigenvalue weighted by Crippen LogP contribution is 2.30. The van der Waals surface area contributed by atoms with Gasteiger partial charge in [0.2, 0.25) is 0 Å². The molecule has 1 fully saturated rings. The van der Waals surface area contributed by atoms with E-state index in [1.54, 1.807) is 6.26 Å². The van der Waals surface area contributed by atoms with Crippen molar-refractivity contribution in [3.63, 3.8) is 0 Å². The average Bonchev–Trinajstić information content (AvgIpc) is 3.20. The fourth-order valence-electron chi connectivity index (χ4n) is 3.02. The number of carbonyl (C=O) groups is 1. The molecule has 0 saturated heterocycles. The first-order valence-electron chi connectivity index (χ1n) is 7.53. The molecule has 2 aromatic heterocycles. The Morgan fingerprint density at radius 1 is 1.48 bits per heavy atom. The molecular formula is C16H20N2O2S. The van der Waals surface area contributed by atoms with Gasteiger partial charge in [0.15, 0.2) is 10.8 Å². The number of hydrogen-bond acceptors (Lipinski definition) is 4. The molecule has 2 aromatic rings. The van der Waals surface area contributed by atoms with Crippen LogP contribution in [0.2, 0.25) is 0 Å². The standard InChI is InChI=1S/C16H20N2O2S/c1-3-18(12-7-4-5-8-12)16(19)14-11(2)21-15(17-14)13-9-6-10-20-13/h6,9-10,12H,3-5,7-8H2,1-2H3. The van der Waals surface area contributed by atoms with Crippen LogP contribution in [0.3, 0.4) is 0 Å². The molecule has 0 unspecified atom stereocenters. The molecule has 0 atom stereocenters. The second kappa shape index (κ2) is 6.02. The van der Waals surface area contributed by atoms with Gasteiger partial charge >= 0.3 is 0 Å². The van der Waals surface area contributed by atoms with Gasteiger partial charge in [-0.25, -0.2) is 4.98 Å². The SMILES string of the molecule is CCN(C(=O)c1nc(-c2ccco2)sc1C)C1CCCC1. The minimum absolute atomic E-state index is 0.0657. The van der Waals surface area contributed by atoms with Gasteiger partial charge in [-0.1, -0.05) is 12.8 Å². The van der Waals surface area contributed by atoms with E-state index in [0.717, 1.165) is 35.0 Å². The lowest BCUT2D eigenvalue weighted by Gasteiger charge is -2.27. The highest BCUT2D eigenvalue weighted by Gasteiger charge is 2.29. The van der Waals surface area contributed by atoms with Crippen LogP contribution < -0.4 is 0 Å². The first-order valence-corrected chi connectivity index (χ1v) is 8.34. The van der Waals surface area contributed by atoms with E-state index in [2.05, 4.69) is 4.98 Å². The van der Waals surface area contributed by atoms with Crippen molar-refractivity contribution >= 4 is 17.2 Å².